The van der Waals surface area contributed by atoms with Gasteiger partial charge in [0.15, 0.2) is 0 Å². The van der Waals surface area contributed by atoms with Gasteiger partial charge in [-0.05, 0) is 40.5 Å². The Balaban J connectivity index is 2.58. The molecule has 0 aliphatic carbocycles. The van der Waals surface area contributed by atoms with Crippen molar-refractivity contribution in [3.05, 3.63) is 33.3 Å². The monoisotopic (exact) mass is 337 g/mol. The molecular formula is C12H14BrCl2NO. The SMILES string of the molecule is CCCC(Cl)CNC(=O)c1ccc(Cl)cc1Br. The molecule has 0 spiro atoms. The van der Waals surface area contributed by atoms with E-state index in [1.807, 2.05) is 0 Å². The molecule has 0 fully saturated rings. The molecule has 1 N–H and O–H groups in total. The molecule has 1 atom stereocenters. The topological polar surface area (TPSA) is 29.1 Å². The number of nitrogens with one attached hydrogen (secondary N) is 1. The lowest BCUT2D eigenvalue weighted by Gasteiger charge is -2.10. The Labute approximate surface area is 120 Å². The zero-order chi connectivity index (χ0) is 12.8. The largest absolute Gasteiger partial charge is 0.351 e. The highest BCUT2D eigenvalue weighted by Gasteiger charge is 2.11. The first kappa shape index (κ1) is 14.8. The number of amides is 1. The second kappa shape index (κ2) is 7.24. The summed E-state index contributed by atoms with van der Waals surface area (Å²) in [5.74, 6) is -0.143. The number of hydrogen-bond donors (Lipinski definition) is 1. The minimum Gasteiger partial charge on any atom is -0.351 e. The molecule has 2 nitrogen and oxygen atoms in total. The van der Waals surface area contributed by atoms with Crippen molar-refractivity contribution >= 4 is 45.0 Å². The quantitative estimate of drug-likeness (QED) is 0.799. The standard InChI is InChI=1S/C12H14BrCl2NO/c1-2-3-9(15)7-16-12(17)10-5-4-8(14)6-11(10)13/h4-6,9H,2-3,7H2,1H3,(H,16,17). The van der Waals surface area contributed by atoms with Crippen LogP contribution in [-0.4, -0.2) is 17.8 Å². The Morgan fingerprint density at radius 1 is 1.53 bits per heavy atom. The summed E-state index contributed by atoms with van der Waals surface area (Å²) < 4.78 is 0.684. The van der Waals surface area contributed by atoms with Gasteiger partial charge < -0.3 is 5.32 Å². The molecule has 94 valence electrons. The highest BCUT2D eigenvalue weighted by molar-refractivity contribution is 9.10. The van der Waals surface area contributed by atoms with E-state index in [4.69, 9.17) is 23.2 Å². The zero-order valence-electron chi connectivity index (χ0n) is 9.47. The van der Waals surface area contributed by atoms with Crippen molar-refractivity contribution in [3.8, 4) is 0 Å². The van der Waals surface area contributed by atoms with Gasteiger partial charge in [-0.2, -0.15) is 0 Å². The Kier molecular flexibility index (Phi) is 6.31. The first-order valence-corrected chi connectivity index (χ1v) is 7.02. The van der Waals surface area contributed by atoms with E-state index in [-0.39, 0.29) is 11.3 Å². The van der Waals surface area contributed by atoms with E-state index in [2.05, 4.69) is 28.2 Å². The summed E-state index contributed by atoms with van der Waals surface area (Å²) >= 11 is 15.1. The van der Waals surface area contributed by atoms with E-state index in [1.165, 1.54) is 0 Å². The van der Waals surface area contributed by atoms with Crippen LogP contribution >= 0.6 is 39.1 Å². The number of benzene rings is 1. The van der Waals surface area contributed by atoms with Gasteiger partial charge in [-0.15, -0.1) is 11.6 Å². The third-order valence-corrected chi connectivity index (χ3v) is 3.53. The maximum Gasteiger partial charge on any atom is 0.252 e. The number of carbonyl (C=O) groups is 1. The summed E-state index contributed by atoms with van der Waals surface area (Å²) in [6.45, 7) is 2.54. The first-order valence-electron chi connectivity index (χ1n) is 5.42. The molecule has 0 radical (unpaired) electrons. The van der Waals surface area contributed by atoms with E-state index in [0.29, 0.717) is 21.6 Å². The summed E-state index contributed by atoms with van der Waals surface area (Å²) in [7, 11) is 0. The van der Waals surface area contributed by atoms with Gasteiger partial charge in [-0.1, -0.05) is 24.9 Å². The molecule has 1 unspecified atom stereocenters. The maximum absolute atomic E-state index is 11.8. The van der Waals surface area contributed by atoms with Crippen LogP contribution in [0.3, 0.4) is 0 Å². The summed E-state index contributed by atoms with van der Waals surface area (Å²) in [6.07, 6.45) is 1.90. The third-order valence-electron chi connectivity index (χ3n) is 2.26. The van der Waals surface area contributed by atoms with Gasteiger partial charge in [-0.3, -0.25) is 4.79 Å². The summed E-state index contributed by atoms with van der Waals surface area (Å²) in [6, 6.07) is 5.07. The maximum atomic E-state index is 11.8. The molecule has 0 bridgehead atoms. The molecular weight excluding hydrogens is 325 g/mol. The van der Waals surface area contributed by atoms with E-state index >= 15 is 0 Å². The fraction of sp³-hybridized carbons (Fsp3) is 0.417. The smallest absolute Gasteiger partial charge is 0.252 e. The van der Waals surface area contributed by atoms with E-state index in [0.717, 1.165) is 12.8 Å². The summed E-state index contributed by atoms with van der Waals surface area (Å²) in [4.78, 5) is 11.8. The third kappa shape index (κ3) is 4.86. The number of hydrogen-bond acceptors (Lipinski definition) is 1. The molecule has 0 heterocycles. The van der Waals surface area contributed by atoms with Crippen LogP contribution in [0.2, 0.25) is 5.02 Å². The Hall–Kier alpha value is -0.250. The van der Waals surface area contributed by atoms with Crippen LogP contribution in [0.1, 0.15) is 30.1 Å². The molecule has 0 aliphatic rings. The predicted octanol–water partition coefficient (Wildman–Crippen LogP) is 4.24. The van der Waals surface area contributed by atoms with Crippen LogP contribution in [0.25, 0.3) is 0 Å². The number of alkyl halides is 1. The van der Waals surface area contributed by atoms with Crippen LogP contribution in [0.4, 0.5) is 0 Å². The fourth-order valence-electron chi connectivity index (χ4n) is 1.39. The zero-order valence-corrected chi connectivity index (χ0v) is 12.6. The van der Waals surface area contributed by atoms with Crippen LogP contribution in [-0.2, 0) is 0 Å². The number of halogens is 3. The lowest BCUT2D eigenvalue weighted by atomic mass is 10.2. The van der Waals surface area contributed by atoms with Crippen molar-refractivity contribution in [2.45, 2.75) is 25.1 Å². The highest BCUT2D eigenvalue weighted by Crippen LogP contribution is 2.21. The van der Waals surface area contributed by atoms with Gasteiger partial charge in [0.2, 0.25) is 0 Å². The van der Waals surface area contributed by atoms with Gasteiger partial charge in [0.05, 0.1) is 10.9 Å². The number of carbonyl (C=O) groups excluding carboxylic acids is 1. The molecule has 1 rings (SSSR count). The van der Waals surface area contributed by atoms with Crippen molar-refractivity contribution in [3.63, 3.8) is 0 Å². The van der Waals surface area contributed by atoms with Crippen LogP contribution in [0.15, 0.2) is 22.7 Å². The molecule has 1 aromatic carbocycles. The molecule has 17 heavy (non-hydrogen) atoms. The Bertz CT molecular complexity index is 398. The molecule has 0 saturated carbocycles. The first-order chi connectivity index (χ1) is 8.04. The Morgan fingerprint density at radius 2 is 2.24 bits per heavy atom. The lowest BCUT2D eigenvalue weighted by Crippen LogP contribution is -2.29. The van der Waals surface area contributed by atoms with Gasteiger partial charge in [0.25, 0.3) is 5.91 Å². The highest BCUT2D eigenvalue weighted by atomic mass is 79.9. The van der Waals surface area contributed by atoms with Gasteiger partial charge in [0, 0.05) is 16.0 Å². The number of rotatable bonds is 5. The normalized spacial score (nSPS) is 12.2. The van der Waals surface area contributed by atoms with E-state index in [1.54, 1.807) is 18.2 Å². The lowest BCUT2D eigenvalue weighted by molar-refractivity contribution is 0.0952. The fourth-order valence-corrected chi connectivity index (χ4v) is 2.55. The minimum absolute atomic E-state index is 0.0185. The van der Waals surface area contributed by atoms with Crippen LogP contribution in [0, 0.1) is 0 Å². The molecule has 0 saturated heterocycles. The Morgan fingerprint density at radius 3 is 2.82 bits per heavy atom. The van der Waals surface area contributed by atoms with Crippen molar-refractivity contribution in [1.82, 2.24) is 5.32 Å². The van der Waals surface area contributed by atoms with E-state index in [9.17, 15) is 4.79 Å². The van der Waals surface area contributed by atoms with E-state index < -0.39 is 0 Å². The molecule has 0 aliphatic heterocycles. The molecule has 5 heteroatoms. The van der Waals surface area contributed by atoms with Crippen molar-refractivity contribution in [2.24, 2.45) is 0 Å². The minimum atomic E-state index is -0.143. The van der Waals surface area contributed by atoms with Gasteiger partial charge >= 0.3 is 0 Å². The van der Waals surface area contributed by atoms with Crippen molar-refractivity contribution < 1.29 is 4.79 Å². The molecule has 0 aromatic heterocycles. The average molecular weight is 339 g/mol. The second-order valence-corrected chi connectivity index (χ2v) is 5.63. The average Bonchev–Trinajstić information content (AvgIpc) is 2.26. The van der Waals surface area contributed by atoms with Crippen LogP contribution in [0.5, 0.6) is 0 Å². The van der Waals surface area contributed by atoms with Crippen LogP contribution < -0.4 is 5.32 Å². The van der Waals surface area contributed by atoms with Crippen molar-refractivity contribution in [2.75, 3.05) is 6.54 Å². The van der Waals surface area contributed by atoms with Gasteiger partial charge in [-0.25, -0.2) is 0 Å². The molecule has 1 aromatic rings. The predicted molar refractivity (Wildman–Crippen MR) is 76.0 cm³/mol. The summed E-state index contributed by atoms with van der Waals surface area (Å²) in [5, 5.41) is 3.37. The second-order valence-electron chi connectivity index (χ2n) is 3.72. The van der Waals surface area contributed by atoms with Gasteiger partial charge in [0.1, 0.15) is 0 Å². The van der Waals surface area contributed by atoms with Crippen molar-refractivity contribution in [1.29, 1.82) is 0 Å². The molecule has 1 amide bonds. The summed E-state index contributed by atoms with van der Waals surface area (Å²) in [5.41, 5.74) is 0.565.